The minimum absolute atomic E-state index is 0.410. The van der Waals surface area contributed by atoms with E-state index in [0.717, 1.165) is 11.3 Å². The zero-order valence-corrected chi connectivity index (χ0v) is 13.2. The first-order valence-electron chi connectivity index (χ1n) is 7.00. The largest absolute Gasteiger partial charge is 0.480 e. The Bertz CT molecular complexity index is 608. The van der Waals surface area contributed by atoms with Gasteiger partial charge in [-0.2, -0.15) is 0 Å². The van der Waals surface area contributed by atoms with Crippen molar-refractivity contribution in [1.29, 1.82) is 0 Å². The van der Waals surface area contributed by atoms with E-state index in [-0.39, 0.29) is 0 Å². The van der Waals surface area contributed by atoms with Crippen LogP contribution in [0, 0.1) is 13.8 Å². The van der Waals surface area contributed by atoms with Crippen molar-refractivity contribution in [1.82, 2.24) is 0 Å². The summed E-state index contributed by atoms with van der Waals surface area (Å²) < 4.78 is 0. The van der Waals surface area contributed by atoms with Gasteiger partial charge in [-0.1, -0.05) is 54.1 Å². The van der Waals surface area contributed by atoms with Gasteiger partial charge in [0, 0.05) is 5.75 Å². The maximum absolute atomic E-state index is 11.5. The van der Waals surface area contributed by atoms with Gasteiger partial charge in [-0.3, -0.25) is 4.79 Å². The summed E-state index contributed by atoms with van der Waals surface area (Å²) in [5, 5.41) is 9.01. The number of hydrogen-bond donors (Lipinski definition) is 1. The number of carboxylic acid groups (broad SMARTS) is 1. The molecule has 0 saturated carbocycles. The Balaban J connectivity index is 2.03. The number of aryl methyl sites for hydroxylation is 2. The predicted molar refractivity (Wildman–Crippen MR) is 88.8 cm³/mol. The van der Waals surface area contributed by atoms with Crippen LogP contribution >= 0.6 is 11.8 Å². The van der Waals surface area contributed by atoms with Gasteiger partial charge in [0.1, 0.15) is 5.25 Å². The van der Waals surface area contributed by atoms with E-state index in [1.165, 1.54) is 28.5 Å². The maximum Gasteiger partial charge on any atom is 0.316 e. The van der Waals surface area contributed by atoms with Gasteiger partial charge in [0.25, 0.3) is 0 Å². The van der Waals surface area contributed by atoms with E-state index in [2.05, 4.69) is 32.0 Å². The second kappa shape index (κ2) is 7.32. The quantitative estimate of drug-likeness (QED) is 0.867. The van der Waals surface area contributed by atoms with E-state index < -0.39 is 11.2 Å². The van der Waals surface area contributed by atoms with Crippen molar-refractivity contribution < 1.29 is 9.90 Å². The highest BCUT2D eigenvalue weighted by molar-refractivity contribution is 7.99. The Labute approximate surface area is 130 Å². The van der Waals surface area contributed by atoms with Gasteiger partial charge in [-0.05, 0) is 37.0 Å². The van der Waals surface area contributed by atoms with Gasteiger partial charge < -0.3 is 5.11 Å². The highest BCUT2D eigenvalue weighted by Crippen LogP contribution is 2.24. The molecule has 0 aromatic heterocycles. The summed E-state index contributed by atoms with van der Waals surface area (Å²) >= 11 is 1.50. The molecule has 0 aliphatic heterocycles. The SMILES string of the molecule is Cc1ccc(C)c(CSC(Cc2ccccc2)C(=O)O)c1. The number of aliphatic carboxylic acids is 1. The molecule has 1 N–H and O–H groups in total. The predicted octanol–water partition coefficient (Wildman–Crippen LogP) is 4.23. The van der Waals surface area contributed by atoms with Crippen LogP contribution in [0.1, 0.15) is 22.3 Å². The van der Waals surface area contributed by atoms with Gasteiger partial charge in [-0.25, -0.2) is 0 Å². The molecular weight excluding hydrogens is 280 g/mol. The highest BCUT2D eigenvalue weighted by atomic mass is 32.2. The van der Waals surface area contributed by atoms with Gasteiger partial charge >= 0.3 is 5.97 Å². The van der Waals surface area contributed by atoms with E-state index in [0.29, 0.717) is 6.42 Å². The van der Waals surface area contributed by atoms with E-state index in [1.807, 2.05) is 30.3 Å². The van der Waals surface area contributed by atoms with Crippen LogP contribution in [0.4, 0.5) is 0 Å². The van der Waals surface area contributed by atoms with Crippen LogP contribution < -0.4 is 0 Å². The van der Waals surface area contributed by atoms with Crippen molar-refractivity contribution in [3.8, 4) is 0 Å². The summed E-state index contributed by atoms with van der Waals surface area (Å²) in [7, 11) is 0. The minimum atomic E-state index is -0.742. The third-order valence-electron chi connectivity index (χ3n) is 3.48. The Kier molecular flexibility index (Phi) is 5.45. The van der Waals surface area contributed by atoms with E-state index >= 15 is 0 Å². The molecule has 0 radical (unpaired) electrons. The van der Waals surface area contributed by atoms with E-state index in [1.54, 1.807) is 0 Å². The molecule has 110 valence electrons. The molecule has 1 atom stereocenters. The number of thioether (sulfide) groups is 1. The van der Waals surface area contributed by atoms with Crippen LogP contribution in [0.3, 0.4) is 0 Å². The topological polar surface area (TPSA) is 37.3 Å². The molecular formula is C18H20O2S. The number of carbonyl (C=O) groups is 1. The summed E-state index contributed by atoms with van der Waals surface area (Å²) in [4.78, 5) is 11.5. The standard InChI is InChI=1S/C18H20O2S/c1-13-8-9-14(2)16(10-13)12-21-17(18(19)20)11-15-6-4-3-5-7-15/h3-10,17H,11-12H2,1-2H3,(H,19,20). The van der Waals surface area contributed by atoms with Crippen molar-refractivity contribution in [2.24, 2.45) is 0 Å². The van der Waals surface area contributed by atoms with E-state index in [9.17, 15) is 9.90 Å². The average molecular weight is 300 g/mol. The van der Waals surface area contributed by atoms with Crippen molar-refractivity contribution in [3.63, 3.8) is 0 Å². The minimum Gasteiger partial charge on any atom is -0.480 e. The van der Waals surface area contributed by atoms with Crippen LogP contribution in [0.25, 0.3) is 0 Å². The molecule has 2 rings (SSSR count). The summed E-state index contributed by atoms with van der Waals surface area (Å²) in [6, 6.07) is 16.1. The molecule has 21 heavy (non-hydrogen) atoms. The molecule has 2 aromatic rings. The molecule has 0 fully saturated rings. The lowest BCUT2D eigenvalue weighted by atomic mass is 10.1. The second-order valence-electron chi connectivity index (χ2n) is 5.26. The fourth-order valence-electron chi connectivity index (χ4n) is 2.19. The second-order valence-corrected chi connectivity index (χ2v) is 6.45. The number of benzene rings is 2. The van der Waals surface area contributed by atoms with Gasteiger partial charge in [0.2, 0.25) is 0 Å². The van der Waals surface area contributed by atoms with Crippen molar-refractivity contribution in [3.05, 3.63) is 70.8 Å². The normalized spacial score (nSPS) is 12.1. The van der Waals surface area contributed by atoms with Gasteiger partial charge in [-0.15, -0.1) is 11.8 Å². The summed E-state index contributed by atoms with van der Waals surface area (Å²) in [5.41, 5.74) is 4.72. The zero-order chi connectivity index (χ0) is 15.2. The lowest BCUT2D eigenvalue weighted by Crippen LogP contribution is -2.19. The Morgan fingerprint density at radius 3 is 2.52 bits per heavy atom. The van der Waals surface area contributed by atoms with Gasteiger partial charge in [0.05, 0.1) is 0 Å². The number of rotatable bonds is 6. The molecule has 2 nitrogen and oxygen atoms in total. The van der Waals surface area contributed by atoms with E-state index in [4.69, 9.17) is 0 Å². The van der Waals surface area contributed by atoms with Crippen LogP contribution in [-0.4, -0.2) is 16.3 Å². The van der Waals surface area contributed by atoms with Gasteiger partial charge in [0.15, 0.2) is 0 Å². The summed E-state index contributed by atoms with van der Waals surface area (Å²) in [6.07, 6.45) is 0.561. The van der Waals surface area contributed by atoms with Crippen LogP contribution in [0.15, 0.2) is 48.5 Å². The number of carboxylic acids is 1. The highest BCUT2D eigenvalue weighted by Gasteiger charge is 2.18. The first-order valence-corrected chi connectivity index (χ1v) is 8.05. The number of hydrogen-bond acceptors (Lipinski definition) is 2. The molecule has 0 saturated heterocycles. The summed E-state index contributed by atoms with van der Waals surface area (Å²) in [6.45, 7) is 4.13. The molecule has 0 aliphatic carbocycles. The average Bonchev–Trinajstić information content (AvgIpc) is 2.47. The lowest BCUT2D eigenvalue weighted by Gasteiger charge is -2.13. The van der Waals surface area contributed by atoms with Crippen molar-refractivity contribution in [2.75, 3.05) is 0 Å². The van der Waals surface area contributed by atoms with Crippen molar-refractivity contribution >= 4 is 17.7 Å². The first kappa shape index (κ1) is 15.6. The van der Waals surface area contributed by atoms with Crippen molar-refractivity contribution in [2.45, 2.75) is 31.3 Å². The Hall–Kier alpha value is -1.74. The molecule has 0 spiro atoms. The van der Waals surface area contributed by atoms with Crippen LogP contribution in [0.5, 0.6) is 0 Å². The molecule has 0 aliphatic rings. The summed E-state index contributed by atoms with van der Waals surface area (Å²) in [5.74, 6) is -0.00807. The lowest BCUT2D eigenvalue weighted by molar-refractivity contribution is -0.136. The molecule has 1 unspecified atom stereocenters. The monoisotopic (exact) mass is 300 g/mol. The Morgan fingerprint density at radius 2 is 1.86 bits per heavy atom. The van der Waals surface area contributed by atoms with Crippen LogP contribution in [-0.2, 0) is 17.0 Å². The fourth-order valence-corrected chi connectivity index (χ4v) is 3.34. The third kappa shape index (κ3) is 4.64. The molecule has 0 amide bonds. The first-order chi connectivity index (χ1) is 10.1. The zero-order valence-electron chi connectivity index (χ0n) is 12.4. The maximum atomic E-state index is 11.5. The molecule has 0 bridgehead atoms. The smallest absolute Gasteiger partial charge is 0.316 e. The fraction of sp³-hybridized carbons (Fsp3) is 0.278. The molecule has 2 aromatic carbocycles. The molecule has 0 heterocycles. The molecule has 3 heteroatoms. The van der Waals surface area contributed by atoms with Crippen LogP contribution in [0.2, 0.25) is 0 Å². The Morgan fingerprint density at radius 1 is 1.14 bits per heavy atom. The third-order valence-corrected chi connectivity index (χ3v) is 4.73.